The fourth-order valence-corrected chi connectivity index (χ4v) is 3.12. The molecule has 2 aromatic heterocycles. The fraction of sp³-hybridized carbons (Fsp3) is 0.158. The average Bonchev–Trinajstić information content (AvgIpc) is 2.68. The lowest BCUT2D eigenvalue weighted by atomic mass is 10.1. The van der Waals surface area contributed by atoms with E-state index in [4.69, 9.17) is 11.6 Å². The molecule has 0 atom stereocenters. The molecule has 1 amide bonds. The lowest BCUT2D eigenvalue weighted by Crippen LogP contribution is -2.39. The molecule has 1 aliphatic heterocycles. The van der Waals surface area contributed by atoms with Gasteiger partial charge in [-0.25, -0.2) is 9.97 Å². The Bertz CT molecular complexity index is 1020. The smallest absolute Gasteiger partial charge is 0.272 e. The van der Waals surface area contributed by atoms with Crippen LogP contribution in [0.4, 0.5) is 0 Å². The van der Waals surface area contributed by atoms with E-state index in [0.717, 1.165) is 5.56 Å². The Morgan fingerprint density at radius 3 is 2.69 bits per heavy atom. The van der Waals surface area contributed by atoms with Crippen LogP contribution < -0.4 is 5.56 Å². The second-order valence-electron chi connectivity index (χ2n) is 6.04. The zero-order chi connectivity index (χ0) is 18.1. The molecule has 0 bridgehead atoms. The molecule has 0 radical (unpaired) electrons. The summed E-state index contributed by atoms with van der Waals surface area (Å²) >= 11 is 5.83. The quantitative estimate of drug-likeness (QED) is 0.756. The number of aromatic amines is 1. The average molecular weight is 367 g/mol. The molecule has 1 aromatic carbocycles. The minimum atomic E-state index is -0.198. The van der Waals surface area contributed by atoms with E-state index < -0.39 is 0 Å². The van der Waals surface area contributed by atoms with E-state index >= 15 is 0 Å². The predicted octanol–water partition coefficient (Wildman–Crippen LogP) is 2.68. The van der Waals surface area contributed by atoms with E-state index in [9.17, 15) is 9.59 Å². The van der Waals surface area contributed by atoms with Crippen LogP contribution >= 0.6 is 11.6 Å². The van der Waals surface area contributed by atoms with E-state index in [-0.39, 0.29) is 18.0 Å². The SMILES string of the molecule is O=C(c1ccc(Cl)cn1)N1CCc2c(nc(-c3ccccc3)[nH]c2=O)C1. The molecule has 0 unspecified atom stereocenters. The van der Waals surface area contributed by atoms with Gasteiger partial charge in [-0.3, -0.25) is 9.59 Å². The van der Waals surface area contributed by atoms with Crippen LogP contribution in [0.3, 0.4) is 0 Å². The number of hydrogen-bond acceptors (Lipinski definition) is 4. The van der Waals surface area contributed by atoms with Crippen molar-refractivity contribution >= 4 is 17.5 Å². The van der Waals surface area contributed by atoms with E-state index in [1.54, 1.807) is 17.0 Å². The van der Waals surface area contributed by atoms with Crippen LogP contribution in [0, 0.1) is 0 Å². The third-order valence-electron chi connectivity index (χ3n) is 4.35. The highest BCUT2D eigenvalue weighted by Gasteiger charge is 2.26. The van der Waals surface area contributed by atoms with Crippen LogP contribution in [0.25, 0.3) is 11.4 Å². The highest BCUT2D eigenvalue weighted by Crippen LogP contribution is 2.20. The number of aromatic nitrogens is 3. The van der Waals surface area contributed by atoms with Crippen molar-refractivity contribution in [2.45, 2.75) is 13.0 Å². The minimum Gasteiger partial charge on any atom is -0.331 e. The largest absolute Gasteiger partial charge is 0.331 e. The molecule has 26 heavy (non-hydrogen) atoms. The molecule has 0 fully saturated rings. The molecule has 0 spiro atoms. The minimum absolute atomic E-state index is 0.148. The van der Waals surface area contributed by atoms with E-state index in [0.29, 0.717) is 40.8 Å². The molecule has 4 rings (SSSR count). The van der Waals surface area contributed by atoms with Crippen LogP contribution in [0.2, 0.25) is 5.02 Å². The van der Waals surface area contributed by atoms with Gasteiger partial charge in [-0.1, -0.05) is 41.9 Å². The first-order valence-electron chi connectivity index (χ1n) is 8.20. The second kappa shape index (κ2) is 6.72. The zero-order valence-corrected chi connectivity index (χ0v) is 14.5. The molecule has 3 aromatic rings. The van der Waals surface area contributed by atoms with Gasteiger partial charge in [0, 0.05) is 23.9 Å². The number of rotatable bonds is 2. The normalized spacial score (nSPS) is 13.3. The van der Waals surface area contributed by atoms with Crippen molar-refractivity contribution in [2.24, 2.45) is 0 Å². The Labute approximate surface area is 154 Å². The fourth-order valence-electron chi connectivity index (χ4n) is 3.01. The first-order chi connectivity index (χ1) is 12.6. The van der Waals surface area contributed by atoms with Gasteiger partial charge < -0.3 is 9.88 Å². The highest BCUT2D eigenvalue weighted by molar-refractivity contribution is 6.30. The summed E-state index contributed by atoms with van der Waals surface area (Å²) in [5.74, 6) is 0.309. The lowest BCUT2D eigenvalue weighted by Gasteiger charge is -2.27. The zero-order valence-electron chi connectivity index (χ0n) is 13.8. The number of H-pyrrole nitrogens is 1. The molecule has 7 heteroatoms. The van der Waals surface area contributed by atoms with Gasteiger partial charge in [-0.05, 0) is 18.6 Å². The number of halogens is 1. The van der Waals surface area contributed by atoms with Crippen molar-refractivity contribution in [3.05, 3.63) is 81.0 Å². The van der Waals surface area contributed by atoms with Gasteiger partial charge in [-0.2, -0.15) is 0 Å². The summed E-state index contributed by atoms with van der Waals surface area (Å²) in [7, 11) is 0. The summed E-state index contributed by atoms with van der Waals surface area (Å²) in [5, 5.41) is 0.478. The van der Waals surface area contributed by atoms with Gasteiger partial charge in [0.2, 0.25) is 0 Å². The van der Waals surface area contributed by atoms with Crippen LogP contribution in [0.15, 0.2) is 53.5 Å². The molecule has 0 saturated heterocycles. The molecule has 3 heterocycles. The summed E-state index contributed by atoms with van der Waals surface area (Å²) in [6, 6.07) is 12.7. The maximum Gasteiger partial charge on any atom is 0.272 e. The van der Waals surface area contributed by atoms with Crippen molar-refractivity contribution < 1.29 is 4.79 Å². The Hall–Kier alpha value is -2.99. The van der Waals surface area contributed by atoms with Gasteiger partial charge in [0.1, 0.15) is 11.5 Å². The number of nitrogens with one attached hydrogen (secondary N) is 1. The summed E-state index contributed by atoms with van der Waals surface area (Å²) in [6.45, 7) is 0.730. The maximum absolute atomic E-state index is 12.7. The van der Waals surface area contributed by atoms with E-state index in [1.807, 2.05) is 30.3 Å². The van der Waals surface area contributed by atoms with Crippen LogP contribution in [-0.4, -0.2) is 32.3 Å². The first kappa shape index (κ1) is 16.5. The lowest BCUT2D eigenvalue weighted by molar-refractivity contribution is 0.0725. The Kier molecular flexibility index (Phi) is 4.26. The number of amides is 1. The van der Waals surface area contributed by atoms with Crippen LogP contribution in [0.1, 0.15) is 21.7 Å². The summed E-state index contributed by atoms with van der Waals surface area (Å²) < 4.78 is 0. The van der Waals surface area contributed by atoms with Crippen LogP contribution in [0.5, 0.6) is 0 Å². The van der Waals surface area contributed by atoms with Crippen molar-refractivity contribution in [3.63, 3.8) is 0 Å². The van der Waals surface area contributed by atoms with Crippen molar-refractivity contribution in [3.8, 4) is 11.4 Å². The van der Waals surface area contributed by atoms with Crippen molar-refractivity contribution in [2.75, 3.05) is 6.54 Å². The molecular formula is C19H15ClN4O2. The molecular weight excluding hydrogens is 352 g/mol. The van der Waals surface area contributed by atoms with E-state index in [1.165, 1.54) is 6.20 Å². The first-order valence-corrected chi connectivity index (χ1v) is 8.58. The Morgan fingerprint density at radius 1 is 1.15 bits per heavy atom. The van der Waals surface area contributed by atoms with Crippen molar-refractivity contribution in [1.82, 2.24) is 19.9 Å². The summed E-state index contributed by atoms with van der Waals surface area (Å²) in [5.41, 5.74) is 2.27. The number of hydrogen-bond donors (Lipinski definition) is 1. The number of nitrogens with zero attached hydrogens (tertiary/aromatic N) is 3. The topological polar surface area (TPSA) is 79.0 Å². The number of pyridine rings is 1. The molecule has 0 aliphatic carbocycles. The molecule has 1 N–H and O–H groups in total. The molecule has 6 nitrogen and oxygen atoms in total. The van der Waals surface area contributed by atoms with Gasteiger partial charge in [0.05, 0.1) is 17.3 Å². The molecule has 130 valence electrons. The summed E-state index contributed by atoms with van der Waals surface area (Å²) in [6.07, 6.45) is 1.91. The van der Waals surface area contributed by atoms with Gasteiger partial charge >= 0.3 is 0 Å². The van der Waals surface area contributed by atoms with Gasteiger partial charge in [0.25, 0.3) is 11.5 Å². The monoisotopic (exact) mass is 366 g/mol. The van der Waals surface area contributed by atoms with Crippen LogP contribution in [-0.2, 0) is 13.0 Å². The second-order valence-corrected chi connectivity index (χ2v) is 6.48. The number of carbonyl (C=O) groups excluding carboxylic acids is 1. The number of fused-ring (bicyclic) bond motifs is 1. The van der Waals surface area contributed by atoms with Gasteiger partial charge in [0.15, 0.2) is 0 Å². The van der Waals surface area contributed by atoms with Gasteiger partial charge in [-0.15, -0.1) is 0 Å². The Balaban J connectivity index is 1.65. The molecule has 1 aliphatic rings. The standard InChI is InChI=1S/C19H15ClN4O2/c20-13-6-7-15(21-10-13)19(26)24-9-8-14-16(11-24)22-17(23-18(14)25)12-4-2-1-3-5-12/h1-7,10H,8-9,11H2,(H,22,23,25). The van der Waals surface area contributed by atoms with E-state index in [2.05, 4.69) is 15.0 Å². The highest BCUT2D eigenvalue weighted by atomic mass is 35.5. The number of benzene rings is 1. The third kappa shape index (κ3) is 3.11. The molecule has 0 saturated carbocycles. The number of carbonyl (C=O) groups is 1. The third-order valence-corrected chi connectivity index (χ3v) is 4.58. The Morgan fingerprint density at radius 2 is 1.96 bits per heavy atom. The maximum atomic E-state index is 12.7. The summed E-state index contributed by atoms with van der Waals surface area (Å²) in [4.78, 5) is 38.2. The predicted molar refractivity (Wildman–Crippen MR) is 98.0 cm³/mol. The van der Waals surface area contributed by atoms with Crippen molar-refractivity contribution in [1.29, 1.82) is 0 Å².